The third-order valence-electron chi connectivity index (χ3n) is 4.11. The first-order valence-electron chi connectivity index (χ1n) is 7.01. The third kappa shape index (κ3) is 1.81. The fraction of sp³-hybridized carbons (Fsp3) is 0.312. The van der Waals surface area contributed by atoms with Gasteiger partial charge in [0.05, 0.1) is 0 Å². The SMILES string of the molecule is c1cnc2[nH]c3ccc(C4CCCCN4)cc3c2c1. The highest BCUT2D eigenvalue weighted by atomic mass is 14.9. The Balaban J connectivity index is 1.87. The van der Waals surface area contributed by atoms with E-state index in [2.05, 4.69) is 39.6 Å². The van der Waals surface area contributed by atoms with Gasteiger partial charge in [0.25, 0.3) is 0 Å². The molecule has 3 heteroatoms. The van der Waals surface area contributed by atoms with E-state index < -0.39 is 0 Å². The first kappa shape index (κ1) is 11.0. The van der Waals surface area contributed by atoms with Gasteiger partial charge in [-0.3, -0.25) is 0 Å². The molecule has 1 fully saturated rings. The molecule has 3 nitrogen and oxygen atoms in total. The average Bonchev–Trinajstić information content (AvgIpc) is 2.86. The number of hydrogen-bond donors (Lipinski definition) is 2. The van der Waals surface area contributed by atoms with Crippen molar-refractivity contribution in [1.29, 1.82) is 0 Å². The molecule has 2 N–H and O–H groups in total. The van der Waals surface area contributed by atoms with E-state index in [0.29, 0.717) is 6.04 Å². The van der Waals surface area contributed by atoms with Crippen LogP contribution in [0.4, 0.5) is 0 Å². The topological polar surface area (TPSA) is 40.7 Å². The van der Waals surface area contributed by atoms with Gasteiger partial charge >= 0.3 is 0 Å². The minimum atomic E-state index is 0.514. The van der Waals surface area contributed by atoms with Gasteiger partial charge in [-0.1, -0.05) is 12.5 Å². The quantitative estimate of drug-likeness (QED) is 0.694. The van der Waals surface area contributed by atoms with Crippen LogP contribution in [0.25, 0.3) is 21.9 Å². The normalized spacial score (nSPS) is 20.1. The molecule has 1 aliphatic rings. The molecule has 1 atom stereocenters. The van der Waals surface area contributed by atoms with E-state index in [1.807, 2.05) is 12.3 Å². The average molecular weight is 251 g/mol. The molecular weight excluding hydrogens is 234 g/mol. The van der Waals surface area contributed by atoms with Crippen molar-refractivity contribution in [2.75, 3.05) is 6.54 Å². The lowest BCUT2D eigenvalue weighted by molar-refractivity contribution is 0.412. The Kier molecular flexibility index (Phi) is 2.52. The Labute approximate surface area is 112 Å². The smallest absolute Gasteiger partial charge is 0.138 e. The summed E-state index contributed by atoms with van der Waals surface area (Å²) < 4.78 is 0. The largest absolute Gasteiger partial charge is 0.339 e. The van der Waals surface area contributed by atoms with Gasteiger partial charge in [-0.05, 0) is 49.2 Å². The fourth-order valence-electron chi connectivity index (χ4n) is 3.10. The van der Waals surface area contributed by atoms with E-state index in [-0.39, 0.29) is 0 Å². The Morgan fingerprint density at radius 2 is 2.11 bits per heavy atom. The molecule has 0 spiro atoms. The van der Waals surface area contributed by atoms with Gasteiger partial charge in [0.15, 0.2) is 0 Å². The summed E-state index contributed by atoms with van der Waals surface area (Å²) in [4.78, 5) is 7.77. The summed E-state index contributed by atoms with van der Waals surface area (Å²) >= 11 is 0. The molecule has 0 amide bonds. The maximum atomic E-state index is 4.39. The van der Waals surface area contributed by atoms with Crippen LogP contribution in [0.5, 0.6) is 0 Å². The van der Waals surface area contributed by atoms with E-state index in [4.69, 9.17) is 0 Å². The van der Waals surface area contributed by atoms with Gasteiger partial charge in [0.1, 0.15) is 5.65 Å². The predicted molar refractivity (Wildman–Crippen MR) is 78.2 cm³/mol. The summed E-state index contributed by atoms with van der Waals surface area (Å²) in [6.07, 6.45) is 5.70. The standard InChI is InChI=1S/C16H17N3/c1-2-8-17-14(5-1)11-6-7-15-13(10-11)12-4-3-9-18-16(12)19-15/h3-4,6-7,9-10,14,17H,1-2,5,8H2,(H,18,19). The molecule has 1 aromatic carbocycles. The number of aromatic amines is 1. The molecular formula is C16H17N3. The number of hydrogen-bond acceptors (Lipinski definition) is 2. The van der Waals surface area contributed by atoms with Crippen molar-refractivity contribution >= 4 is 21.9 Å². The van der Waals surface area contributed by atoms with Gasteiger partial charge < -0.3 is 10.3 Å². The van der Waals surface area contributed by atoms with Crippen molar-refractivity contribution in [3.05, 3.63) is 42.1 Å². The van der Waals surface area contributed by atoms with Crippen LogP contribution in [-0.2, 0) is 0 Å². The number of H-pyrrole nitrogens is 1. The van der Waals surface area contributed by atoms with Crippen LogP contribution in [-0.4, -0.2) is 16.5 Å². The highest BCUT2D eigenvalue weighted by Gasteiger charge is 2.15. The van der Waals surface area contributed by atoms with Gasteiger partial charge in [0, 0.05) is 28.5 Å². The van der Waals surface area contributed by atoms with Crippen molar-refractivity contribution in [2.45, 2.75) is 25.3 Å². The van der Waals surface area contributed by atoms with E-state index in [1.54, 1.807) is 0 Å². The summed E-state index contributed by atoms with van der Waals surface area (Å²) in [7, 11) is 0. The van der Waals surface area contributed by atoms with Crippen molar-refractivity contribution in [3.63, 3.8) is 0 Å². The molecule has 3 heterocycles. The van der Waals surface area contributed by atoms with E-state index >= 15 is 0 Å². The first-order valence-corrected chi connectivity index (χ1v) is 7.01. The second kappa shape index (κ2) is 4.35. The van der Waals surface area contributed by atoms with Crippen molar-refractivity contribution in [1.82, 2.24) is 15.3 Å². The summed E-state index contributed by atoms with van der Waals surface area (Å²) in [6.45, 7) is 1.14. The molecule has 4 rings (SSSR count). The van der Waals surface area contributed by atoms with Gasteiger partial charge in [-0.2, -0.15) is 0 Å². The Bertz CT molecular complexity index is 723. The Hall–Kier alpha value is -1.87. The van der Waals surface area contributed by atoms with Gasteiger partial charge in [-0.15, -0.1) is 0 Å². The summed E-state index contributed by atoms with van der Waals surface area (Å²) in [6, 6.07) is 11.4. The van der Waals surface area contributed by atoms with Crippen LogP contribution in [0.1, 0.15) is 30.9 Å². The zero-order valence-corrected chi connectivity index (χ0v) is 10.8. The molecule has 96 valence electrons. The lowest BCUT2D eigenvalue weighted by atomic mass is 9.96. The minimum Gasteiger partial charge on any atom is -0.339 e. The van der Waals surface area contributed by atoms with Crippen LogP contribution in [0.3, 0.4) is 0 Å². The third-order valence-corrected chi connectivity index (χ3v) is 4.11. The van der Waals surface area contributed by atoms with Crippen LogP contribution >= 0.6 is 0 Å². The van der Waals surface area contributed by atoms with E-state index in [1.165, 1.54) is 41.1 Å². The number of piperidine rings is 1. The second-order valence-corrected chi connectivity index (χ2v) is 5.33. The number of nitrogens with zero attached hydrogens (tertiary/aromatic N) is 1. The summed E-state index contributed by atoms with van der Waals surface area (Å²) in [5, 5.41) is 6.12. The minimum absolute atomic E-state index is 0.514. The molecule has 1 aliphatic heterocycles. The predicted octanol–water partition coefficient (Wildman–Crippen LogP) is 3.53. The molecule has 3 aromatic rings. The van der Waals surface area contributed by atoms with Crippen molar-refractivity contribution < 1.29 is 0 Å². The molecule has 0 radical (unpaired) electrons. The Morgan fingerprint density at radius 3 is 3.00 bits per heavy atom. The second-order valence-electron chi connectivity index (χ2n) is 5.33. The number of fused-ring (bicyclic) bond motifs is 3. The monoisotopic (exact) mass is 251 g/mol. The fourth-order valence-corrected chi connectivity index (χ4v) is 3.10. The number of benzene rings is 1. The maximum absolute atomic E-state index is 4.39. The first-order chi connectivity index (χ1) is 9.42. The van der Waals surface area contributed by atoms with Crippen LogP contribution < -0.4 is 5.32 Å². The number of pyridine rings is 1. The van der Waals surface area contributed by atoms with E-state index in [0.717, 1.165) is 12.2 Å². The summed E-state index contributed by atoms with van der Waals surface area (Å²) in [5.74, 6) is 0. The lowest BCUT2D eigenvalue weighted by Crippen LogP contribution is -2.26. The van der Waals surface area contributed by atoms with Crippen molar-refractivity contribution in [3.8, 4) is 0 Å². The lowest BCUT2D eigenvalue weighted by Gasteiger charge is -2.23. The van der Waals surface area contributed by atoms with Crippen LogP contribution in [0.2, 0.25) is 0 Å². The molecule has 0 saturated carbocycles. The van der Waals surface area contributed by atoms with Crippen LogP contribution in [0, 0.1) is 0 Å². The molecule has 0 aliphatic carbocycles. The highest BCUT2D eigenvalue weighted by Crippen LogP contribution is 2.29. The zero-order valence-electron chi connectivity index (χ0n) is 10.8. The Morgan fingerprint density at radius 1 is 1.11 bits per heavy atom. The zero-order chi connectivity index (χ0) is 12.7. The van der Waals surface area contributed by atoms with E-state index in [9.17, 15) is 0 Å². The molecule has 19 heavy (non-hydrogen) atoms. The van der Waals surface area contributed by atoms with Gasteiger partial charge in [0.2, 0.25) is 0 Å². The highest BCUT2D eigenvalue weighted by molar-refractivity contribution is 6.05. The van der Waals surface area contributed by atoms with Crippen LogP contribution in [0.15, 0.2) is 36.5 Å². The summed E-state index contributed by atoms with van der Waals surface area (Å²) in [5.41, 5.74) is 3.55. The number of nitrogens with one attached hydrogen (secondary N) is 2. The van der Waals surface area contributed by atoms with Crippen molar-refractivity contribution in [2.24, 2.45) is 0 Å². The molecule has 1 saturated heterocycles. The molecule has 0 bridgehead atoms. The number of rotatable bonds is 1. The molecule has 1 unspecified atom stereocenters. The maximum Gasteiger partial charge on any atom is 0.138 e. The number of aromatic nitrogens is 2. The van der Waals surface area contributed by atoms with Gasteiger partial charge in [-0.25, -0.2) is 4.98 Å². The molecule has 2 aromatic heterocycles.